The zero-order chi connectivity index (χ0) is 15.2. The van der Waals surface area contributed by atoms with Gasteiger partial charge in [-0.3, -0.25) is 9.59 Å². The third kappa shape index (κ3) is 4.19. The van der Waals surface area contributed by atoms with E-state index in [-0.39, 0.29) is 5.75 Å². The lowest BCUT2D eigenvalue weighted by molar-refractivity contribution is -0.133. The molecule has 1 aromatic heterocycles. The normalized spacial score (nSPS) is 10.0. The summed E-state index contributed by atoms with van der Waals surface area (Å²) >= 11 is 0.986. The molecule has 0 saturated carbocycles. The second kappa shape index (κ2) is 6.72. The van der Waals surface area contributed by atoms with Crippen molar-refractivity contribution in [2.24, 2.45) is 0 Å². The Kier molecular flexibility index (Phi) is 4.74. The number of nitriles is 1. The molecule has 0 aliphatic heterocycles. The van der Waals surface area contributed by atoms with Gasteiger partial charge < -0.3 is 9.67 Å². The smallest absolute Gasteiger partial charge is 0.313 e. The van der Waals surface area contributed by atoms with Gasteiger partial charge in [0.25, 0.3) is 5.56 Å². The number of rotatable bonds is 5. The van der Waals surface area contributed by atoms with Crippen molar-refractivity contribution < 1.29 is 9.90 Å². The Balaban J connectivity index is 2.28. The fourth-order valence-electron chi connectivity index (χ4n) is 1.71. The standard InChI is InChI=1S/C14H11N3O3S/c15-7-10-2-1-3-11(6-10)8-17-5-4-12(18)16-14(17)21-9-13(19)20/h1-6H,8-9H2,(H,19,20). The lowest BCUT2D eigenvalue weighted by Gasteiger charge is -2.11. The number of hydrogen-bond donors (Lipinski definition) is 1. The van der Waals surface area contributed by atoms with Crippen LogP contribution in [0, 0.1) is 11.3 Å². The number of carboxylic acids is 1. The number of nitrogens with zero attached hydrogens (tertiary/aromatic N) is 3. The van der Waals surface area contributed by atoms with Crippen LogP contribution in [-0.2, 0) is 11.3 Å². The Morgan fingerprint density at radius 1 is 1.43 bits per heavy atom. The van der Waals surface area contributed by atoms with Crippen LogP contribution in [0.15, 0.2) is 46.5 Å². The summed E-state index contributed by atoms with van der Waals surface area (Å²) in [6, 6.07) is 10.4. The van der Waals surface area contributed by atoms with Crippen LogP contribution < -0.4 is 5.56 Å². The van der Waals surface area contributed by atoms with Crippen LogP contribution in [0.1, 0.15) is 11.1 Å². The minimum Gasteiger partial charge on any atom is -0.481 e. The maximum atomic E-state index is 11.3. The molecule has 6 nitrogen and oxygen atoms in total. The predicted molar refractivity (Wildman–Crippen MR) is 77.1 cm³/mol. The van der Waals surface area contributed by atoms with Gasteiger partial charge in [-0.2, -0.15) is 10.2 Å². The first-order valence-corrected chi connectivity index (χ1v) is 6.98. The summed E-state index contributed by atoms with van der Waals surface area (Å²) in [6.45, 7) is 0.407. The molecule has 0 spiro atoms. The van der Waals surface area contributed by atoms with Crippen molar-refractivity contribution in [1.82, 2.24) is 9.55 Å². The van der Waals surface area contributed by atoms with Crippen molar-refractivity contribution in [1.29, 1.82) is 5.26 Å². The first kappa shape index (κ1) is 14.8. The van der Waals surface area contributed by atoms with Gasteiger partial charge in [0.1, 0.15) is 0 Å². The van der Waals surface area contributed by atoms with Crippen molar-refractivity contribution in [2.75, 3.05) is 5.75 Å². The first-order chi connectivity index (χ1) is 10.1. The maximum absolute atomic E-state index is 11.3. The number of aliphatic carboxylic acids is 1. The highest BCUT2D eigenvalue weighted by molar-refractivity contribution is 7.99. The van der Waals surface area contributed by atoms with Crippen LogP contribution in [0.5, 0.6) is 0 Å². The largest absolute Gasteiger partial charge is 0.481 e. The number of thioether (sulfide) groups is 1. The lowest BCUT2D eigenvalue weighted by Crippen LogP contribution is -2.15. The van der Waals surface area contributed by atoms with E-state index in [0.717, 1.165) is 17.3 Å². The van der Waals surface area contributed by atoms with E-state index >= 15 is 0 Å². The van der Waals surface area contributed by atoms with Crippen LogP contribution in [-0.4, -0.2) is 26.4 Å². The third-order valence-electron chi connectivity index (χ3n) is 2.58. The maximum Gasteiger partial charge on any atom is 0.313 e. The van der Waals surface area contributed by atoms with E-state index in [2.05, 4.69) is 11.1 Å². The number of benzene rings is 1. The van der Waals surface area contributed by atoms with Gasteiger partial charge in [-0.15, -0.1) is 0 Å². The fourth-order valence-corrected chi connectivity index (χ4v) is 2.41. The van der Waals surface area contributed by atoms with Gasteiger partial charge in [-0.1, -0.05) is 23.9 Å². The monoisotopic (exact) mass is 301 g/mol. The SMILES string of the molecule is N#Cc1cccc(Cn2ccc(=O)nc2SCC(=O)O)c1. The fraction of sp³-hybridized carbons (Fsp3) is 0.143. The van der Waals surface area contributed by atoms with Crippen LogP contribution >= 0.6 is 11.8 Å². The lowest BCUT2D eigenvalue weighted by atomic mass is 10.1. The molecule has 1 aromatic carbocycles. The average Bonchev–Trinajstić information content (AvgIpc) is 2.47. The first-order valence-electron chi connectivity index (χ1n) is 5.99. The zero-order valence-corrected chi connectivity index (χ0v) is 11.7. The molecule has 1 heterocycles. The van der Waals surface area contributed by atoms with Gasteiger partial charge in [0, 0.05) is 18.8 Å². The van der Waals surface area contributed by atoms with E-state index in [9.17, 15) is 9.59 Å². The minimum atomic E-state index is -0.976. The van der Waals surface area contributed by atoms with E-state index in [0.29, 0.717) is 17.3 Å². The summed E-state index contributed by atoms with van der Waals surface area (Å²) in [7, 11) is 0. The van der Waals surface area contributed by atoms with Gasteiger partial charge in [0.2, 0.25) is 0 Å². The third-order valence-corrected chi connectivity index (χ3v) is 3.56. The Labute approximate surface area is 124 Å². The van der Waals surface area contributed by atoms with E-state index in [1.807, 2.05) is 6.07 Å². The molecule has 0 radical (unpaired) electrons. The molecule has 0 unspecified atom stereocenters. The topological polar surface area (TPSA) is 96.0 Å². The summed E-state index contributed by atoms with van der Waals surface area (Å²) in [6.07, 6.45) is 1.57. The average molecular weight is 301 g/mol. The molecule has 0 saturated heterocycles. The molecule has 0 amide bonds. The molecule has 7 heteroatoms. The molecule has 0 aliphatic rings. The van der Waals surface area contributed by atoms with E-state index in [1.54, 1.807) is 29.0 Å². The molecule has 0 bridgehead atoms. The molecular formula is C14H11N3O3S. The molecule has 0 atom stereocenters. The molecule has 1 N–H and O–H groups in total. The molecule has 21 heavy (non-hydrogen) atoms. The van der Waals surface area contributed by atoms with Crippen LogP contribution in [0.3, 0.4) is 0 Å². The van der Waals surface area contributed by atoms with Gasteiger partial charge >= 0.3 is 5.97 Å². The molecule has 0 fully saturated rings. The summed E-state index contributed by atoms with van der Waals surface area (Å²) in [5, 5.41) is 17.9. The summed E-state index contributed by atoms with van der Waals surface area (Å²) < 4.78 is 1.69. The quantitative estimate of drug-likeness (QED) is 0.661. The van der Waals surface area contributed by atoms with Crippen LogP contribution in [0.2, 0.25) is 0 Å². The van der Waals surface area contributed by atoms with E-state index < -0.39 is 11.5 Å². The Morgan fingerprint density at radius 3 is 2.95 bits per heavy atom. The molecule has 2 aromatic rings. The highest BCUT2D eigenvalue weighted by atomic mass is 32.2. The molecule has 0 aliphatic carbocycles. The van der Waals surface area contributed by atoms with Crippen molar-refractivity contribution in [3.63, 3.8) is 0 Å². The molecule has 106 valence electrons. The summed E-state index contributed by atoms with van der Waals surface area (Å²) in [4.78, 5) is 25.8. The highest BCUT2D eigenvalue weighted by Crippen LogP contribution is 2.15. The Bertz CT molecular complexity index is 765. The van der Waals surface area contributed by atoms with E-state index in [4.69, 9.17) is 10.4 Å². The predicted octanol–water partition coefficient (Wildman–Crippen LogP) is 1.34. The Morgan fingerprint density at radius 2 is 2.24 bits per heavy atom. The number of carbonyl (C=O) groups is 1. The number of hydrogen-bond acceptors (Lipinski definition) is 5. The Hall–Kier alpha value is -2.59. The summed E-state index contributed by atoms with van der Waals surface area (Å²) in [5.41, 5.74) is 1.00. The van der Waals surface area contributed by atoms with Crippen molar-refractivity contribution >= 4 is 17.7 Å². The van der Waals surface area contributed by atoms with Gasteiger partial charge in [-0.05, 0) is 17.7 Å². The van der Waals surface area contributed by atoms with Crippen molar-refractivity contribution in [3.05, 3.63) is 58.0 Å². The van der Waals surface area contributed by atoms with Gasteiger partial charge in [0.15, 0.2) is 5.16 Å². The summed E-state index contributed by atoms with van der Waals surface area (Å²) in [5.74, 6) is -1.15. The second-order valence-electron chi connectivity index (χ2n) is 4.17. The van der Waals surface area contributed by atoms with Crippen LogP contribution in [0.25, 0.3) is 0 Å². The highest BCUT2D eigenvalue weighted by Gasteiger charge is 2.07. The van der Waals surface area contributed by atoms with Crippen molar-refractivity contribution in [3.8, 4) is 6.07 Å². The van der Waals surface area contributed by atoms with Gasteiger partial charge in [0.05, 0.1) is 17.4 Å². The van der Waals surface area contributed by atoms with Gasteiger partial charge in [-0.25, -0.2) is 0 Å². The minimum absolute atomic E-state index is 0.172. The van der Waals surface area contributed by atoms with Crippen LogP contribution in [0.4, 0.5) is 0 Å². The number of aromatic nitrogens is 2. The zero-order valence-electron chi connectivity index (χ0n) is 10.9. The van der Waals surface area contributed by atoms with E-state index in [1.165, 1.54) is 6.07 Å². The second-order valence-corrected chi connectivity index (χ2v) is 5.11. The number of carboxylic acid groups (broad SMARTS) is 1. The molecular weight excluding hydrogens is 290 g/mol. The van der Waals surface area contributed by atoms with Crippen molar-refractivity contribution in [2.45, 2.75) is 11.7 Å². The molecule has 2 rings (SSSR count).